The standard InChI is InChI=1S/C2HClN2O2/c3-2-1-4-7-5(2)6/h1H. The lowest BCUT2D eigenvalue weighted by molar-refractivity contribution is -0.800. The van der Waals surface area contributed by atoms with Crippen molar-refractivity contribution in [2.75, 3.05) is 0 Å². The molecule has 7 heavy (non-hydrogen) atoms. The fourth-order valence-electron chi connectivity index (χ4n) is 0.196. The maximum atomic E-state index is 9.97. The van der Waals surface area contributed by atoms with Crippen molar-refractivity contribution < 1.29 is 9.53 Å². The summed E-state index contributed by atoms with van der Waals surface area (Å²) in [6.07, 6.45) is 1.12. The Labute approximate surface area is 43.8 Å². The Bertz CT molecular complexity index is 146. The van der Waals surface area contributed by atoms with Gasteiger partial charge in [-0.15, -0.1) is 0 Å². The number of hydrogen-bond donors (Lipinski definition) is 0. The maximum absolute atomic E-state index is 9.97. The Kier molecular flexibility index (Phi) is 0.867. The van der Waals surface area contributed by atoms with Crippen LogP contribution >= 0.6 is 11.6 Å². The van der Waals surface area contributed by atoms with E-state index in [1.165, 1.54) is 0 Å². The van der Waals surface area contributed by atoms with Crippen LogP contribution < -0.4 is 4.90 Å². The average molecular weight is 120 g/mol. The predicted molar refractivity (Wildman–Crippen MR) is 20.5 cm³/mol. The first kappa shape index (κ1) is 4.39. The smallest absolute Gasteiger partial charge is 0.285 e. The quantitative estimate of drug-likeness (QED) is 0.452. The molecule has 0 radical (unpaired) electrons. The zero-order chi connectivity index (χ0) is 5.28. The first-order chi connectivity index (χ1) is 3.30. The lowest BCUT2D eigenvalue weighted by Gasteiger charge is -1.78. The van der Waals surface area contributed by atoms with Crippen LogP contribution in [0.25, 0.3) is 0 Å². The number of halogens is 1. The number of aromatic nitrogens is 2. The van der Waals surface area contributed by atoms with Crippen molar-refractivity contribution >= 4 is 11.6 Å². The van der Waals surface area contributed by atoms with E-state index in [0.29, 0.717) is 0 Å². The molecule has 0 saturated heterocycles. The zero-order valence-corrected chi connectivity index (χ0v) is 3.92. The van der Waals surface area contributed by atoms with Crippen LogP contribution in [0.3, 0.4) is 0 Å². The summed E-state index contributed by atoms with van der Waals surface area (Å²) < 4.78 is 3.94. The van der Waals surface area contributed by atoms with Crippen LogP contribution in [0.2, 0.25) is 5.15 Å². The minimum Gasteiger partial charge on any atom is -0.358 e. The summed E-state index contributed by atoms with van der Waals surface area (Å²) in [5.41, 5.74) is 0. The third-order valence-electron chi connectivity index (χ3n) is 0.455. The van der Waals surface area contributed by atoms with Gasteiger partial charge >= 0.3 is 0 Å². The second-order valence-electron chi connectivity index (χ2n) is 0.896. The second kappa shape index (κ2) is 1.38. The van der Waals surface area contributed by atoms with Gasteiger partial charge in [0, 0.05) is 5.16 Å². The van der Waals surface area contributed by atoms with Crippen molar-refractivity contribution in [3.8, 4) is 0 Å². The van der Waals surface area contributed by atoms with Crippen molar-refractivity contribution in [3.05, 3.63) is 16.6 Å². The molecule has 1 heterocycles. The van der Waals surface area contributed by atoms with Gasteiger partial charge in [0.05, 0.1) is 0 Å². The summed E-state index contributed by atoms with van der Waals surface area (Å²) in [4.78, 5) is 0.113. The van der Waals surface area contributed by atoms with Crippen LogP contribution in [-0.2, 0) is 0 Å². The van der Waals surface area contributed by atoms with Crippen LogP contribution in [0.4, 0.5) is 0 Å². The molecule has 4 nitrogen and oxygen atoms in total. The average Bonchev–Trinajstić information content (AvgIpc) is 1.91. The van der Waals surface area contributed by atoms with Crippen LogP contribution in [0.5, 0.6) is 0 Å². The predicted octanol–water partition coefficient (Wildman–Crippen LogP) is -0.0386. The van der Waals surface area contributed by atoms with Crippen molar-refractivity contribution in [2.45, 2.75) is 0 Å². The molecular formula is C2HClN2O2. The highest BCUT2D eigenvalue weighted by Gasteiger charge is 1.97. The summed E-state index contributed by atoms with van der Waals surface area (Å²) in [6, 6.07) is 0. The van der Waals surface area contributed by atoms with Gasteiger partial charge in [0.1, 0.15) is 0 Å². The van der Waals surface area contributed by atoms with Crippen LogP contribution in [0.15, 0.2) is 10.8 Å². The fraction of sp³-hybridized carbons (Fsp3) is 0. The van der Waals surface area contributed by atoms with Crippen molar-refractivity contribution in [1.82, 2.24) is 5.16 Å². The van der Waals surface area contributed by atoms with Gasteiger partial charge in [-0.3, -0.25) is 4.63 Å². The lowest BCUT2D eigenvalue weighted by Crippen LogP contribution is -2.22. The van der Waals surface area contributed by atoms with Crippen LogP contribution in [-0.4, -0.2) is 5.16 Å². The Balaban J connectivity index is 3.12. The number of nitrogens with zero attached hydrogens (tertiary/aromatic N) is 2. The minimum absolute atomic E-state index is 0.0556. The molecule has 0 spiro atoms. The van der Waals surface area contributed by atoms with Crippen molar-refractivity contribution in [3.63, 3.8) is 0 Å². The highest BCUT2D eigenvalue weighted by atomic mass is 35.5. The molecule has 38 valence electrons. The summed E-state index contributed by atoms with van der Waals surface area (Å²) in [7, 11) is 0. The number of rotatable bonds is 0. The van der Waals surface area contributed by atoms with Crippen molar-refractivity contribution in [2.24, 2.45) is 0 Å². The summed E-state index contributed by atoms with van der Waals surface area (Å²) >= 11 is 5.12. The van der Waals surface area contributed by atoms with Crippen LogP contribution in [0, 0.1) is 5.21 Å². The first-order valence-corrected chi connectivity index (χ1v) is 1.89. The van der Waals surface area contributed by atoms with Crippen LogP contribution in [0.1, 0.15) is 0 Å². The molecule has 5 heteroatoms. The molecule has 0 N–H and O–H groups in total. The second-order valence-corrected chi connectivity index (χ2v) is 1.28. The van der Waals surface area contributed by atoms with Gasteiger partial charge in [0.2, 0.25) is 6.20 Å². The van der Waals surface area contributed by atoms with Gasteiger partial charge in [-0.25, -0.2) is 0 Å². The Morgan fingerprint density at radius 3 is 2.86 bits per heavy atom. The molecular weight excluding hydrogens is 119 g/mol. The largest absolute Gasteiger partial charge is 0.358 e. The van der Waals surface area contributed by atoms with Crippen molar-refractivity contribution in [1.29, 1.82) is 0 Å². The molecule has 0 saturated carbocycles. The fourth-order valence-corrected chi connectivity index (χ4v) is 0.267. The highest BCUT2D eigenvalue weighted by Crippen LogP contribution is 1.93. The molecule has 1 aromatic heterocycles. The van der Waals surface area contributed by atoms with Gasteiger partial charge in [-0.2, -0.15) is 0 Å². The van der Waals surface area contributed by atoms with E-state index < -0.39 is 0 Å². The Morgan fingerprint density at radius 1 is 2.00 bits per heavy atom. The van der Waals surface area contributed by atoms with E-state index in [0.717, 1.165) is 6.20 Å². The van der Waals surface area contributed by atoms with E-state index in [2.05, 4.69) is 9.79 Å². The van der Waals surface area contributed by atoms with E-state index in [-0.39, 0.29) is 10.1 Å². The molecule has 0 aliphatic rings. The van der Waals surface area contributed by atoms with Gasteiger partial charge in [0.15, 0.2) is 0 Å². The molecule has 0 aromatic carbocycles. The van der Waals surface area contributed by atoms with E-state index in [1.54, 1.807) is 0 Å². The molecule has 1 rings (SSSR count). The van der Waals surface area contributed by atoms with E-state index in [4.69, 9.17) is 11.6 Å². The molecule has 0 aliphatic heterocycles. The third-order valence-corrected chi connectivity index (χ3v) is 0.691. The normalized spacial score (nSPS) is 9.29. The van der Waals surface area contributed by atoms with Gasteiger partial charge < -0.3 is 5.21 Å². The van der Waals surface area contributed by atoms with Gasteiger partial charge in [-0.05, 0) is 16.5 Å². The minimum atomic E-state index is -0.0556. The summed E-state index contributed by atoms with van der Waals surface area (Å²) in [5, 5.41) is 13.0. The Hall–Kier alpha value is -0.770. The van der Waals surface area contributed by atoms with E-state index in [1.807, 2.05) is 0 Å². The topological polar surface area (TPSA) is 53.0 Å². The monoisotopic (exact) mass is 120 g/mol. The lowest BCUT2D eigenvalue weighted by atomic mass is 10.9. The van der Waals surface area contributed by atoms with E-state index in [9.17, 15) is 5.21 Å². The molecule has 0 unspecified atom stereocenters. The molecule has 0 bridgehead atoms. The molecule has 0 amide bonds. The molecule has 1 aromatic rings. The van der Waals surface area contributed by atoms with Gasteiger partial charge in [-0.1, -0.05) is 0 Å². The Morgan fingerprint density at radius 2 is 2.71 bits per heavy atom. The first-order valence-electron chi connectivity index (χ1n) is 1.51. The summed E-state index contributed by atoms with van der Waals surface area (Å²) in [5.74, 6) is 0. The SMILES string of the molecule is [O-][n+]1oncc1Cl. The van der Waals surface area contributed by atoms with E-state index >= 15 is 0 Å². The maximum Gasteiger partial charge on any atom is 0.285 e. The zero-order valence-electron chi connectivity index (χ0n) is 3.17. The summed E-state index contributed by atoms with van der Waals surface area (Å²) in [6.45, 7) is 0. The molecule has 0 atom stereocenters. The van der Waals surface area contributed by atoms with Gasteiger partial charge in [0.25, 0.3) is 5.15 Å². The highest BCUT2D eigenvalue weighted by molar-refractivity contribution is 6.28. The molecule has 0 aliphatic carbocycles. The number of hydrogen-bond acceptors (Lipinski definition) is 3. The third kappa shape index (κ3) is 0.640. The molecule has 0 fully saturated rings.